The van der Waals surface area contributed by atoms with Crippen molar-refractivity contribution in [2.24, 2.45) is 21.3 Å². The van der Waals surface area contributed by atoms with Gasteiger partial charge in [-0.3, -0.25) is 9.98 Å². The van der Waals surface area contributed by atoms with Crippen LogP contribution in [-0.2, 0) is 0 Å². The summed E-state index contributed by atoms with van der Waals surface area (Å²) in [5.74, 6) is 0.802. The topological polar surface area (TPSA) is 24.7 Å². The second kappa shape index (κ2) is 11.2. The van der Waals surface area contributed by atoms with E-state index in [1.807, 2.05) is 12.4 Å². The SMILES string of the molecule is CC(C)CCCC/N=C/c1ccc(/C=N/CCCC(C)(C)C)cc1. The molecule has 0 amide bonds. The Bertz CT molecular complexity index is 490. The molecule has 0 aromatic heterocycles. The summed E-state index contributed by atoms with van der Waals surface area (Å²) in [6.45, 7) is 13.2. The van der Waals surface area contributed by atoms with Crippen molar-refractivity contribution >= 4 is 12.4 Å². The third-order valence-corrected chi connectivity index (χ3v) is 3.95. The van der Waals surface area contributed by atoms with Crippen molar-refractivity contribution in [2.45, 2.75) is 66.7 Å². The average molecular weight is 329 g/mol. The van der Waals surface area contributed by atoms with Crippen LogP contribution in [0, 0.1) is 11.3 Å². The minimum atomic E-state index is 0.408. The summed E-state index contributed by atoms with van der Waals surface area (Å²) in [5, 5.41) is 0. The summed E-state index contributed by atoms with van der Waals surface area (Å²) in [4.78, 5) is 9.04. The summed E-state index contributed by atoms with van der Waals surface area (Å²) in [5.41, 5.74) is 2.74. The van der Waals surface area contributed by atoms with Crippen molar-refractivity contribution in [1.29, 1.82) is 0 Å². The first-order valence-electron chi connectivity index (χ1n) is 9.46. The van der Waals surface area contributed by atoms with Crippen LogP contribution < -0.4 is 0 Å². The molecule has 0 saturated carbocycles. The Kier molecular flexibility index (Phi) is 9.59. The van der Waals surface area contributed by atoms with Gasteiger partial charge in [-0.2, -0.15) is 0 Å². The van der Waals surface area contributed by atoms with Gasteiger partial charge in [-0.1, -0.05) is 71.7 Å². The van der Waals surface area contributed by atoms with Gasteiger partial charge >= 0.3 is 0 Å². The Hall–Kier alpha value is -1.44. The highest BCUT2D eigenvalue weighted by molar-refractivity contribution is 5.84. The van der Waals surface area contributed by atoms with Crippen molar-refractivity contribution in [3.05, 3.63) is 35.4 Å². The molecular formula is C22H36N2. The number of benzene rings is 1. The fraction of sp³-hybridized carbons (Fsp3) is 0.636. The number of nitrogens with zero attached hydrogens (tertiary/aromatic N) is 2. The predicted octanol–water partition coefficient (Wildman–Crippen LogP) is 6.18. The first-order chi connectivity index (χ1) is 11.4. The number of unbranched alkanes of at least 4 members (excludes halogenated alkanes) is 1. The van der Waals surface area contributed by atoms with E-state index in [0.29, 0.717) is 5.41 Å². The molecule has 0 radical (unpaired) electrons. The molecule has 1 rings (SSSR count). The Morgan fingerprint density at radius 2 is 1.33 bits per heavy atom. The van der Waals surface area contributed by atoms with E-state index >= 15 is 0 Å². The number of rotatable bonds is 10. The molecule has 24 heavy (non-hydrogen) atoms. The van der Waals surface area contributed by atoms with E-state index in [1.54, 1.807) is 0 Å². The summed E-state index contributed by atoms with van der Waals surface area (Å²) < 4.78 is 0. The minimum Gasteiger partial charge on any atom is -0.293 e. The first-order valence-corrected chi connectivity index (χ1v) is 9.46. The molecule has 1 aromatic carbocycles. The van der Waals surface area contributed by atoms with Gasteiger partial charge in [0.15, 0.2) is 0 Å². The van der Waals surface area contributed by atoms with Gasteiger partial charge in [0.25, 0.3) is 0 Å². The number of hydrogen-bond acceptors (Lipinski definition) is 2. The van der Waals surface area contributed by atoms with E-state index in [-0.39, 0.29) is 0 Å². The molecule has 1 aromatic rings. The zero-order chi connectivity index (χ0) is 17.8. The molecule has 0 unspecified atom stereocenters. The van der Waals surface area contributed by atoms with E-state index in [1.165, 1.54) is 36.8 Å². The Morgan fingerprint density at radius 1 is 0.833 bits per heavy atom. The van der Waals surface area contributed by atoms with E-state index in [4.69, 9.17) is 0 Å². The van der Waals surface area contributed by atoms with Crippen molar-refractivity contribution in [2.75, 3.05) is 13.1 Å². The minimum absolute atomic E-state index is 0.408. The molecule has 0 bridgehead atoms. The Balaban J connectivity index is 2.27. The molecule has 0 heterocycles. The van der Waals surface area contributed by atoms with Crippen LogP contribution >= 0.6 is 0 Å². The molecule has 134 valence electrons. The quantitative estimate of drug-likeness (QED) is 0.362. The lowest BCUT2D eigenvalue weighted by Gasteiger charge is -2.16. The standard InChI is InChI=1S/C22H36N2/c1-19(2)9-6-7-15-23-17-20-10-12-21(13-11-20)18-24-16-8-14-22(3,4)5/h10-13,17-19H,6-9,14-16H2,1-5H3/b23-17+,24-18+. The third kappa shape index (κ3) is 11.2. The van der Waals surface area contributed by atoms with Gasteiger partial charge in [-0.25, -0.2) is 0 Å². The Labute approximate surface area is 149 Å². The summed E-state index contributed by atoms with van der Waals surface area (Å²) in [6, 6.07) is 8.48. The number of aliphatic imine (C=N–C) groups is 2. The van der Waals surface area contributed by atoms with Gasteiger partial charge < -0.3 is 0 Å². The van der Waals surface area contributed by atoms with Gasteiger partial charge in [0.05, 0.1) is 0 Å². The second-order valence-electron chi connectivity index (χ2n) is 8.29. The van der Waals surface area contributed by atoms with E-state index < -0.39 is 0 Å². The summed E-state index contributed by atoms with van der Waals surface area (Å²) in [6.07, 6.45) is 10.1. The lowest BCUT2D eigenvalue weighted by Crippen LogP contribution is -2.04. The zero-order valence-corrected chi connectivity index (χ0v) is 16.4. The largest absolute Gasteiger partial charge is 0.293 e. The van der Waals surface area contributed by atoms with E-state index in [9.17, 15) is 0 Å². The highest BCUT2D eigenvalue weighted by Gasteiger charge is 2.08. The van der Waals surface area contributed by atoms with Crippen molar-refractivity contribution in [1.82, 2.24) is 0 Å². The monoisotopic (exact) mass is 328 g/mol. The fourth-order valence-electron chi connectivity index (χ4n) is 2.46. The smallest absolute Gasteiger partial charge is 0.0389 e. The molecule has 0 fully saturated rings. The lowest BCUT2D eigenvalue weighted by molar-refractivity contribution is 0.368. The van der Waals surface area contributed by atoms with Crippen LogP contribution in [0.3, 0.4) is 0 Å². The molecule has 0 spiro atoms. The van der Waals surface area contributed by atoms with Crippen LogP contribution in [0.15, 0.2) is 34.3 Å². The van der Waals surface area contributed by atoms with Crippen LogP contribution in [-0.4, -0.2) is 25.5 Å². The maximum Gasteiger partial charge on any atom is 0.0389 e. The molecule has 0 aliphatic carbocycles. The van der Waals surface area contributed by atoms with Crippen LogP contribution in [0.2, 0.25) is 0 Å². The molecule has 2 nitrogen and oxygen atoms in total. The van der Waals surface area contributed by atoms with Crippen LogP contribution in [0.1, 0.15) is 77.8 Å². The highest BCUT2D eigenvalue weighted by atomic mass is 14.7. The molecule has 0 aliphatic rings. The van der Waals surface area contributed by atoms with Gasteiger partial charge in [0.2, 0.25) is 0 Å². The van der Waals surface area contributed by atoms with Gasteiger partial charge in [0.1, 0.15) is 0 Å². The van der Waals surface area contributed by atoms with Gasteiger partial charge in [0, 0.05) is 25.5 Å². The summed E-state index contributed by atoms with van der Waals surface area (Å²) in [7, 11) is 0. The fourth-order valence-corrected chi connectivity index (χ4v) is 2.46. The van der Waals surface area contributed by atoms with E-state index in [0.717, 1.165) is 25.4 Å². The van der Waals surface area contributed by atoms with Crippen molar-refractivity contribution < 1.29 is 0 Å². The predicted molar refractivity (Wildman–Crippen MR) is 109 cm³/mol. The maximum absolute atomic E-state index is 4.53. The van der Waals surface area contributed by atoms with Gasteiger partial charge in [-0.05, 0) is 41.7 Å². The second-order valence-corrected chi connectivity index (χ2v) is 8.29. The highest BCUT2D eigenvalue weighted by Crippen LogP contribution is 2.20. The van der Waals surface area contributed by atoms with Crippen LogP contribution in [0.4, 0.5) is 0 Å². The molecule has 0 N–H and O–H groups in total. The molecule has 0 atom stereocenters. The maximum atomic E-state index is 4.53. The van der Waals surface area contributed by atoms with Crippen LogP contribution in [0.25, 0.3) is 0 Å². The molecular weight excluding hydrogens is 292 g/mol. The van der Waals surface area contributed by atoms with Gasteiger partial charge in [-0.15, -0.1) is 0 Å². The third-order valence-electron chi connectivity index (χ3n) is 3.95. The Morgan fingerprint density at radius 3 is 1.79 bits per heavy atom. The van der Waals surface area contributed by atoms with Crippen molar-refractivity contribution in [3.8, 4) is 0 Å². The number of hydrogen-bond donors (Lipinski definition) is 0. The average Bonchev–Trinajstić information content (AvgIpc) is 2.50. The normalized spacial score (nSPS) is 12.8. The lowest BCUT2D eigenvalue weighted by atomic mass is 9.91. The molecule has 0 saturated heterocycles. The first kappa shape index (κ1) is 20.6. The van der Waals surface area contributed by atoms with E-state index in [2.05, 4.69) is 68.9 Å². The molecule has 2 heteroatoms. The summed E-state index contributed by atoms with van der Waals surface area (Å²) >= 11 is 0. The van der Waals surface area contributed by atoms with Crippen LogP contribution in [0.5, 0.6) is 0 Å². The zero-order valence-electron chi connectivity index (χ0n) is 16.4. The molecule has 0 aliphatic heterocycles. The van der Waals surface area contributed by atoms with Crippen molar-refractivity contribution in [3.63, 3.8) is 0 Å².